The highest BCUT2D eigenvalue weighted by molar-refractivity contribution is 7.92. The van der Waals surface area contributed by atoms with Crippen LogP contribution in [-0.4, -0.2) is 52.4 Å². The van der Waals surface area contributed by atoms with Crippen molar-refractivity contribution in [2.75, 3.05) is 24.9 Å². The maximum atomic E-state index is 12.8. The number of hydrogen-bond donors (Lipinski definition) is 2. The fraction of sp³-hybridized carbons (Fsp3) is 0.278. The van der Waals surface area contributed by atoms with Gasteiger partial charge in [0.2, 0.25) is 10.0 Å². The van der Waals surface area contributed by atoms with Gasteiger partial charge in [-0.25, -0.2) is 21.6 Å². The molecule has 2 N–H and O–H groups in total. The van der Waals surface area contributed by atoms with E-state index in [4.69, 9.17) is 9.84 Å². The van der Waals surface area contributed by atoms with Crippen molar-refractivity contribution in [1.29, 1.82) is 0 Å². The van der Waals surface area contributed by atoms with E-state index in [1.54, 1.807) is 0 Å². The van der Waals surface area contributed by atoms with Gasteiger partial charge in [0, 0.05) is 13.1 Å². The second-order valence-corrected chi connectivity index (χ2v) is 10.0. The van der Waals surface area contributed by atoms with E-state index in [2.05, 4.69) is 4.72 Å². The number of benzene rings is 2. The lowest BCUT2D eigenvalue weighted by Gasteiger charge is -2.17. The molecule has 1 aliphatic rings. The van der Waals surface area contributed by atoms with Crippen molar-refractivity contribution in [1.82, 2.24) is 4.31 Å². The summed E-state index contributed by atoms with van der Waals surface area (Å²) in [4.78, 5) is 10.8. The van der Waals surface area contributed by atoms with Crippen LogP contribution in [0.2, 0.25) is 0 Å². The number of methoxy groups -OCH3 is 1. The van der Waals surface area contributed by atoms with Crippen molar-refractivity contribution < 1.29 is 31.5 Å². The molecule has 0 unspecified atom stereocenters. The number of aromatic carboxylic acids is 1. The summed E-state index contributed by atoms with van der Waals surface area (Å²) in [7, 11) is -6.69. The van der Waals surface area contributed by atoms with Crippen LogP contribution in [0.1, 0.15) is 23.2 Å². The van der Waals surface area contributed by atoms with Gasteiger partial charge in [0.15, 0.2) is 0 Å². The van der Waals surface area contributed by atoms with Gasteiger partial charge in [-0.1, -0.05) is 6.07 Å². The molecule has 3 rings (SSSR count). The number of carbonyl (C=O) groups is 1. The zero-order valence-electron chi connectivity index (χ0n) is 15.5. The largest absolute Gasteiger partial charge is 0.495 e. The van der Waals surface area contributed by atoms with E-state index in [1.807, 2.05) is 0 Å². The predicted molar refractivity (Wildman–Crippen MR) is 105 cm³/mol. The third-order valence-electron chi connectivity index (χ3n) is 4.49. The molecule has 0 spiro atoms. The molecule has 2 aromatic rings. The van der Waals surface area contributed by atoms with Gasteiger partial charge in [-0.05, 0) is 49.2 Å². The minimum Gasteiger partial charge on any atom is -0.495 e. The first-order valence-corrected chi connectivity index (χ1v) is 11.6. The predicted octanol–water partition coefficient (Wildman–Crippen LogP) is 1.98. The summed E-state index contributed by atoms with van der Waals surface area (Å²) in [5.41, 5.74) is -0.190. The zero-order chi connectivity index (χ0) is 21.2. The van der Waals surface area contributed by atoms with Gasteiger partial charge in [0.25, 0.3) is 10.0 Å². The number of sulfonamides is 2. The number of carboxylic acids is 1. The monoisotopic (exact) mass is 440 g/mol. The van der Waals surface area contributed by atoms with Crippen molar-refractivity contribution >= 4 is 31.7 Å². The number of carboxylic acid groups (broad SMARTS) is 1. The highest BCUT2D eigenvalue weighted by atomic mass is 32.2. The first kappa shape index (κ1) is 21.1. The third-order valence-corrected chi connectivity index (χ3v) is 7.79. The van der Waals surface area contributed by atoms with Crippen LogP contribution >= 0.6 is 0 Å². The molecule has 1 heterocycles. The standard InChI is InChI=1S/C18H20N2O7S2/c1-27-16-8-7-13(18(21)22)11-17(16)28(23,24)19-14-5-4-6-15(12-14)29(25,26)20-9-2-3-10-20/h4-8,11-12,19H,2-3,9-10H2,1H3,(H,21,22). The number of ether oxygens (including phenoxy) is 1. The fourth-order valence-electron chi connectivity index (χ4n) is 3.03. The van der Waals surface area contributed by atoms with E-state index in [0.717, 1.165) is 18.9 Å². The van der Waals surface area contributed by atoms with E-state index in [0.29, 0.717) is 13.1 Å². The van der Waals surface area contributed by atoms with Crippen LogP contribution < -0.4 is 9.46 Å². The highest BCUT2D eigenvalue weighted by Gasteiger charge is 2.28. The molecule has 0 radical (unpaired) electrons. The van der Waals surface area contributed by atoms with Crippen LogP contribution in [-0.2, 0) is 20.0 Å². The summed E-state index contributed by atoms with van der Waals surface area (Å²) in [6.07, 6.45) is 1.57. The highest BCUT2D eigenvalue weighted by Crippen LogP contribution is 2.28. The molecule has 1 fully saturated rings. The smallest absolute Gasteiger partial charge is 0.335 e. The summed E-state index contributed by atoms with van der Waals surface area (Å²) in [6, 6.07) is 8.93. The minimum atomic E-state index is -4.24. The Morgan fingerprint density at radius 3 is 2.38 bits per heavy atom. The number of nitrogens with zero attached hydrogens (tertiary/aromatic N) is 1. The Morgan fingerprint density at radius 1 is 1.07 bits per heavy atom. The summed E-state index contributed by atoms with van der Waals surface area (Å²) >= 11 is 0. The molecule has 0 amide bonds. The first-order chi connectivity index (χ1) is 13.6. The van der Waals surface area contributed by atoms with Crippen LogP contribution in [0.5, 0.6) is 5.75 Å². The molecule has 0 aromatic heterocycles. The summed E-state index contributed by atoms with van der Waals surface area (Å²) in [5.74, 6) is -1.33. The topological polar surface area (TPSA) is 130 Å². The minimum absolute atomic E-state index is 0.0224. The van der Waals surface area contributed by atoms with Crippen LogP contribution in [0.3, 0.4) is 0 Å². The van der Waals surface area contributed by atoms with Crippen LogP contribution in [0.25, 0.3) is 0 Å². The van der Waals surface area contributed by atoms with Crippen molar-refractivity contribution in [3.05, 3.63) is 48.0 Å². The average molecular weight is 440 g/mol. The van der Waals surface area contributed by atoms with E-state index < -0.39 is 26.0 Å². The molecule has 11 heteroatoms. The Balaban J connectivity index is 1.96. The van der Waals surface area contributed by atoms with Crippen LogP contribution in [0, 0.1) is 0 Å². The normalized spacial score (nSPS) is 15.2. The lowest BCUT2D eigenvalue weighted by atomic mass is 10.2. The molecule has 0 atom stereocenters. The third kappa shape index (κ3) is 4.36. The number of nitrogens with one attached hydrogen (secondary N) is 1. The second kappa shape index (κ2) is 8.01. The number of anilines is 1. The van der Waals surface area contributed by atoms with Crippen molar-refractivity contribution in [2.24, 2.45) is 0 Å². The molecule has 1 saturated heterocycles. The van der Waals surface area contributed by atoms with Crippen LogP contribution in [0.15, 0.2) is 52.3 Å². The Kier molecular flexibility index (Phi) is 5.82. The van der Waals surface area contributed by atoms with E-state index in [1.165, 1.54) is 47.8 Å². The van der Waals surface area contributed by atoms with Gasteiger partial charge >= 0.3 is 5.97 Å². The van der Waals surface area contributed by atoms with Gasteiger partial charge in [-0.3, -0.25) is 4.72 Å². The Morgan fingerprint density at radius 2 is 1.76 bits per heavy atom. The quantitative estimate of drug-likeness (QED) is 0.673. The first-order valence-electron chi connectivity index (χ1n) is 8.69. The average Bonchev–Trinajstić information content (AvgIpc) is 3.23. The molecule has 9 nitrogen and oxygen atoms in total. The second-order valence-electron chi connectivity index (χ2n) is 6.42. The summed E-state index contributed by atoms with van der Waals surface area (Å²) < 4.78 is 59.8. The van der Waals surface area contributed by atoms with Gasteiger partial charge in [0.1, 0.15) is 10.6 Å². The molecule has 0 bridgehead atoms. The fourth-order valence-corrected chi connectivity index (χ4v) is 5.84. The molecular weight excluding hydrogens is 420 g/mol. The van der Waals surface area contributed by atoms with Crippen molar-refractivity contribution in [3.63, 3.8) is 0 Å². The van der Waals surface area contributed by atoms with Gasteiger partial charge in [-0.15, -0.1) is 0 Å². The Bertz CT molecular complexity index is 1140. The maximum absolute atomic E-state index is 12.8. The van der Waals surface area contributed by atoms with E-state index in [-0.39, 0.29) is 26.8 Å². The molecule has 2 aromatic carbocycles. The SMILES string of the molecule is COc1ccc(C(=O)O)cc1S(=O)(=O)Nc1cccc(S(=O)(=O)N2CCCC2)c1. The zero-order valence-corrected chi connectivity index (χ0v) is 17.2. The van der Waals surface area contributed by atoms with Crippen molar-refractivity contribution in [3.8, 4) is 5.75 Å². The molecule has 1 aliphatic heterocycles. The Labute approximate surface area is 169 Å². The number of hydrogen-bond acceptors (Lipinski definition) is 6. The van der Waals surface area contributed by atoms with Crippen LogP contribution in [0.4, 0.5) is 5.69 Å². The summed E-state index contributed by atoms with van der Waals surface area (Å²) in [5, 5.41) is 9.13. The number of rotatable bonds is 7. The van der Waals surface area contributed by atoms with E-state index in [9.17, 15) is 21.6 Å². The van der Waals surface area contributed by atoms with E-state index >= 15 is 0 Å². The van der Waals surface area contributed by atoms with Gasteiger partial charge in [0.05, 0.1) is 23.3 Å². The lowest BCUT2D eigenvalue weighted by Crippen LogP contribution is -2.28. The molecule has 0 aliphatic carbocycles. The molecule has 0 saturated carbocycles. The molecule has 29 heavy (non-hydrogen) atoms. The van der Waals surface area contributed by atoms with Gasteiger partial charge < -0.3 is 9.84 Å². The molecule has 156 valence electrons. The maximum Gasteiger partial charge on any atom is 0.335 e. The van der Waals surface area contributed by atoms with Gasteiger partial charge in [-0.2, -0.15) is 4.31 Å². The summed E-state index contributed by atoms with van der Waals surface area (Å²) in [6.45, 7) is 0.856. The van der Waals surface area contributed by atoms with Crippen molar-refractivity contribution in [2.45, 2.75) is 22.6 Å². The molecular formula is C18H20N2O7S2. The lowest BCUT2D eigenvalue weighted by molar-refractivity contribution is 0.0696. The Hall–Kier alpha value is -2.63.